The monoisotopic (exact) mass is 381 g/mol. The quantitative estimate of drug-likeness (QED) is 0.531. The van der Waals surface area contributed by atoms with Crippen LogP contribution in [0.25, 0.3) is 17.1 Å². The molecule has 0 fully saturated rings. The second-order valence-electron chi connectivity index (χ2n) is 6.55. The van der Waals surface area contributed by atoms with E-state index in [1.165, 1.54) is 4.52 Å². The van der Waals surface area contributed by atoms with E-state index in [2.05, 4.69) is 14.6 Å². The molecule has 0 bridgehead atoms. The van der Waals surface area contributed by atoms with Crippen molar-refractivity contribution in [3.63, 3.8) is 0 Å². The third kappa shape index (κ3) is 2.54. The Hall–Kier alpha value is -3.06. The van der Waals surface area contributed by atoms with Crippen LogP contribution in [0.3, 0.4) is 0 Å². The summed E-state index contributed by atoms with van der Waals surface area (Å²) in [7, 11) is 0. The highest BCUT2D eigenvalue weighted by atomic mass is 35.5. The number of amides is 1. The Labute approximate surface area is 159 Å². The largest absolute Gasteiger partial charge is 0.463 e. The van der Waals surface area contributed by atoms with Gasteiger partial charge in [-0.15, -0.1) is 0 Å². The van der Waals surface area contributed by atoms with Crippen LogP contribution in [0, 0.1) is 0 Å². The number of aromatic nitrogens is 4. The van der Waals surface area contributed by atoms with Crippen molar-refractivity contribution in [2.45, 2.75) is 19.5 Å². The Bertz CT molecular complexity index is 1140. The number of nitrogens with zero attached hydrogens (tertiary/aromatic N) is 5. The predicted octanol–water partition coefficient (Wildman–Crippen LogP) is 3.66. The standard InChI is InChI=1S/C19H16ClN5O2/c1-12-15-4-5-16(17-3-2-8-27-17)24(15)7-6-23(12)19(26)14-9-18-21-10-13(20)11-25(18)22-14/h2-5,8-12H,6-7H2,1H3. The lowest BCUT2D eigenvalue weighted by atomic mass is 10.1. The lowest BCUT2D eigenvalue weighted by Gasteiger charge is -2.35. The Morgan fingerprint density at radius 2 is 2.19 bits per heavy atom. The number of furan rings is 1. The van der Waals surface area contributed by atoms with E-state index in [0.29, 0.717) is 29.5 Å². The van der Waals surface area contributed by atoms with Crippen molar-refractivity contribution in [2.75, 3.05) is 6.54 Å². The summed E-state index contributed by atoms with van der Waals surface area (Å²) in [6.45, 7) is 3.32. The Morgan fingerprint density at radius 1 is 1.30 bits per heavy atom. The summed E-state index contributed by atoms with van der Waals surface area (Å²) >= 11 is 5.95. The number of fused-ring (bicyclic) bond motifs is 2. The van der Waals surface area contributed by atoms with Gasteiger partial charge in [0.05, 0.1) is 29.2 Å². The van der Waals surface area contributed by atoms with E-state index in [1.54, 1.807) is 24.7 Å². The van der Waals surface area contributed by atoms with Crippen LogP contribution in [-0.4, -0.2) is 36.5 Å². The SMILES string of the molecule is CC1c2ccc(-c3ccco3)n2CCN1C(=O)c1cc2ncc(Cl)cn2n1. The molecule has 1 atom stereocenters. The van der Waals surface area contributed by atoms with Crippen molar-refractivity contribution < 1.29 is 9.21 Å². The predicted molar refractivity (Wildman–Crippen MR) is 99.6 cm³/mol. The van der Waals surface area contributed by atoms with E-state index in [0.717, 1.165) is 17.1 Å². The normalized spacial score (nSPS) is 16.7. The third-order valence-electron chi connectivity index (χ3n) is 5.01. The maximum atomic E-state index is 13.1. The molecule has 4 aromatic rings. The molecule has 1 unspecified atom stereocenters. The van der Waals surface area contributed by atoms with Crippen molar-refractivity contribution in [3.05, 3.63) is 65.4 Å². The molecule has 5 heterocycles. The number of halogens is 1. The van der Waals surface area contributed by atoms with Gasteiger partial charge in [0.25, 0.3) is 5.91 Å². The Balaban J connectivity index is 1.47. The summed E-state index contributed by atoms with van der Waals surface area (Å²) in [4.78, 5) is 19.1. The van der Waals surface area contributed by atoms with E-state index in [-0.39, 0.29) is 11.9 Å². The second-order valence-corrected chi connectivity index (χ2v) is 6.99. The fourth-order valence-electron chi connectivity index (χ4n) is 3.68. The zero-order valence-corrected chi connectivity index (χ0v) is 15.3. The van der Waals surface area contributed by atoms with Crippen molar-refractivity contribution in [1.82, 2.24) is 24.1 Å². The lowest BCUT2D eigenvalue weighted by molar-refractivity contribution is 0.0638. The molecule has 8 heteroatoms. The maximum absolute atomic E-state index is 13.1. The van der Waals surface area contributed by atoms with Crippen LogP contribution in [0.5, 0.6) is 0 Å². The fraction of sp³-hybridized carbons (Fsp3) is 0.211. The summed E-state index contributed by atoms with van der Waals surface area (Å²) < 4.78 is 9.27. The van der Waals surface area contributed by atoms with Gasteiger partial charge >= 0.3 is 0 Å². The van der Waals surface area contributed by atoms with Gasteiger partial charge in [0.2, 0.25) is 0 Å². The lowest BCUT2D eigenvalue weighted by Crippen LogP contribution is -2.41. The number of rotatable bonds is 2. The number of carbonyl (C=O) groups excluding carboxylic acids is 1. The van der Waals surface area contributed by atoms with E-state index in [4.69, 9.17) is 16.0 Å². The van der Waals surface area contributed by atoms with Crippen LogP contribution in [0.1, 0.15) is 29.1 Å². The van der Waals surface area contributed by atoms with Crippen LogP contribution in [0.4, 0.5) is 0 Å². The highest BCUT2D eigenvalue weighted by Crippen LogP contribution is 2.32. The van der Waals surface area contributed by atoms with Crippen LogP contribution in [0.2, 0.25) is 5.02 Å². The van der Waals surface area contributed by atoms with Crippen molar-refractivity contribution in [1.29, 1.82) is 0 Å². The molecule has 5 rings (SSSR count). The van der Waals surface area contributed by atoms with Gasteiger partial charge in [-0.1, -0.05) is 11.6 Å². The fourth-order valence-corrected chi connectivity index (χ4v) is 3.82. The van der Waals surface area contributed by atoms with Gasteiger partial charge in [0, 0.05) is 31.0 Å². The number of hydrogen-bond donors (Lipinski definition) is 0. The van der Waals surface area contributed by atoms with Crippen LogP contribution >= 0.6 is 11.6 Å². The Morgan fingerprint density at radius 3 is 3.00 bits per heavy atom. The number of carbonyl (C=O) groups is 1. The average Bonchev–Trinajstić information content (AvgIpc) is 3.39. The third-order valence-corrected chi connectivity index (χ3v) is 5.21. The topological polar surface area (TPSA) is 68.6 Å². The van der Waals surface area contributed by atoms with Gasteiger partial charge in [0.15, 0.2) is 11.3 Å². The smallest absolute Gasteiger partial charge is 0.275 e. The van der Waals surface area contributed by atoms with Crippen molar-refractivity contribution in [3.8, 4) is 11.5 Å². The zero-order valence-electron chi connectivity index (χ0n) is 14.5. The van der Waals surface area contributed by atoms with Gasteiger partial charge in [-0.25, -0.2) is 9.50 Å². The minimum Gasteiger partial charge on any atom is -0.463 e. The Kier molecular flexibility index (Phi) is 3.58. The summed E-state index contributed by atoms with van der Waals surface area (Å²) in [5, 5.41) is 4.81. The first-order valence-electron chi connectivity index (χ1n) is 8.67. The van der Waals surface area contributed by atoms with Gasteiger partial charge in [-0.2, -0.15) is 5.10 Å². The van der Waals surface area contributed by atoms with E-state index in [9.17, 15) is 4.79 Å². The highest BCUT2D eigenvalue weighted by molar-refractivity contribution is 6.30. The van der Waals surface area contributed by atoms with Gasteiger partial charge in [-0.3, -0.25) is 4.79 Å². The van der Waals surface area contributed by atoms with Gasteiger partial charge in [0.1, 0.15) is 5.76 Å². The molecule has 1 aliphatic heterocycles. The molecule has 0 spiro atoms. The molecule has 0 N–H and O–H groups in total. The minimum atomic E-state index is -0.115. The van der Waals surface area contributed by atoms with E-state index < -0.39 is 0 Å². The van der Waals surface area contributed by atoms with Crippen molar-refractivity contribution in [2.24, 2.45) is 0 Å². The first-order valence-corrected chi connectivity index (χ1v) is 9.05. The molecule has 0 radical (unpaired) electrons. The van der Waals surface area contributed by atoms with Crippen molar-refractivity contribution >= 4 is 23.2 Å². The molecular weight excluding hydrogens is 366 g/mol. The molecule has 0 saturated carbocycles. The molecule has 27 heavy (non-hydrogen) atoms. The van der Waals surface area contributed by atoms with E-state index in [1.807, 2.05) is 36.1 Å². The highest BCUT2D eigenvalue weighted by Gasteiger charge is 2.31. The summed E-state index contributed by atoms with van der Waals surface area (Å²) in [5.74, 6) is 0.715. The zero-order chi connectivity index (χ0) is 18.5. The molecule has 0 saturated heterocycles. The first kappa shape index (κ1) is 16.1. The molecular formula is C19H16ClN5O2. The molecule has 0 aromatic carbocycles. The van der Waals surface area contributed by atoms with Crippen LogP contribution in [-0.2, 0) is 6.54 Å². The summed E-state index contributed by atoms with van der Waals surface area (Å²) in [5.41, 5.74) is 3.06. The summed E-state index contributed by atoms with van der Waals surface area (Å²) in [6.07, 6.45) is 4.85. The number of hydrogen-bond acceptors (Lipinski definition) is 4. The van der Waals surface area contributed by atoms with Crippen LogP contribution < -0.4 is 0 Å². The molecule has 7 nitrogen and oxygen atoms in total. The van der Waals surface area contributed by atoms with Gasteiger partial charge in [-0.05, 0) is 31.2 Å². The maximum Gasteiger partial charge on any atom is 0.275 e. The molecule has 1 amide bonds. The molecule has 136 valence electrons. The van der Waals surface area contributed by atoms with Crippen LogP contribution in [0.15, 0.2) is 53.4 Å². The molecule has 4 aromatic heterocycles. The average molecular weight is 382 g/mol. The first-order chi connectivity index (χ1) is 13.1. The summed E-state index contributed by atoms with van der Waals surface area (Å²) in [6, 6.07) is 9.52. The molecule has 0 aliphatic carbocycles. The molecule has 1 aliphatic rings. The second kappa shape index (κ2) is 5.99. The van der Waals surface area contributed by atoms with Gasteiger partial charge < -0.3 is 13.9 Å². The van der Waals surface area contributed by atoms with E-state index >= 15 is 0 Å². The minimum absolute atomic E-state index is 0.0729.